The Bertz CT molecular complexity index is 346. The molecule has 0 saturated carbocycles. The summed E-state index contributed by atoms with van der Waals surface area (Å²) in [5, 5.41) is 8.64. The van der Waals surface area contributed by atoms with Crippen LogP contribution in [0.1, 0.15) is 5.56 Å². The second-order valence-electron chi connectivity index (χ2n) is 2.08. The molecule has 1 rings (SSSR count). The Morgan fingerprint density at radius 1 is 1.58 bits per heavy atom. The second kappa shape index (κ2) is 3.55. The van der Waals surface area contributed by atoms with Gasteiger partial charge in [0.15, 0.2) is 0 Å². The molecule has 0 spiro atoms. The van der Waals surface area contributed by atoms with Crippen molar-refractivity contribution in [2.45, 2.75) is 0 Å². The first-order valence-electron chi connectivity index (χ1n) is 3.12. The number of nitriles is 1. The number of nitrogens with zero attached hydrogens (tertiary/aromatic N) is 1. The highest BCUT2D eigenvalue weighted by Gasteiger charge is 2.08. The SMILES string of the molecule is COc1cc(F)cc(Br)c1C#N. The van der Waals surface area contributed by atoms with Crippen LogP contribution in [-0.2, 0) is 0 Å². The highest BCUT2D eigenvalue weighted by Crippen LogP contribution is 2.27. The van der Waals surface area contributed by atoms with Crippen LogP contribution in [0.15, 0.2) is 16.6 Å². The second-order valence-corrected chi connectivity index (χ2v) is 2.93. The number of methoxy groups -OCH3 is 1. The van der Waals surface area contributed by atoms with E-state index < -0.39 is 5.82 Å². The number of rotatable bonds is 1. The molecule has 0 fully saturated rings. The fourth-order valence-electron chi connectivity index (χ4n) is 0.819. The van der Waals surface area contributed by atoms with Gasteiger partial charge >= 0.3 is 0 Å². The van der Waals surface area contributed by atoms with E-state index in [1.165, 1.54) is 19.2 Å². The molecule has 0 atom stereocenters. The molecule has 1 aromatic carbocycles. The van der Waals surface area contributed by atoms with Gasteiger partial charge in [-0.25, -0.2) is 4.39 Å². The average Bonchev–Trinajstić information content (AvgIpc) is 2.03. The van der Waals surface area contributed by atoms with E-state index in [2.05, 4.69) is 15.9 Å². The predicted octanol–water partition coefficient (Wildman–Crippen LogP) is 2.47. The molecule has 0 bridgehead atoms. The minimum Gasteiger partial charge on any atom is -0.495 e. The normalized spacial score (nSPS) is 9.17. The molecule has 0 heterocycles. The Kier molecular flexibility index (Phi) is 2.66. The maximum Gasteiger partial charge on any atom is 0.140 e. The fraction of sp³-hybridized carbons (Fsp3) is 0.125. The molecule has 0 N–H and O–H groups in total. The van der Waals surface area contributed by atoms with Gasteiger partial charge in [0.2, 0.25) is 0 Å². The van der Waals surface area contributed by atoms with Crippen LogP contribution in [0.25, 0.3) is 0 Å². The topological polar surface area (TPSA) is 33.0 Å². The van der Waals surface area contributed by atoms with Crippen molar-refractivity contribution in [3.63, 3.8) is 0 Å². The van der Waals surface area contributed by atoms with Crippen molar-refractivity contribution in [2.24, 2.45) is 0 Å². The first kappa shape index (κ1) is 9.01. The quantitative estimate of drug-likeness (QED) is 0.742. The molecule has 0 radical (unpaired) electrons. The van der Waals surface area contributed by atoms with Crippen molar-refractivity contribution in [1.82, 2.24) is 0 Å². The van der Waals surface area contributed by atoms with Gasteiger partial charge in [-0.2, -0.15) is 5.26 Å². The van der Waals surface area contributed by atoms with E-state index in [0.717, 1.165) is 0 Å². The van der Waals surface area contributed by atoms with E-state index in [-0.39, 0.29) is 5.75 Å². The largest absolute Gasteiger partial charge is 0.495 e. The van der Waals surface area contributed by atoms with Crippen LogP contribution in [0.5, 0.6) is 5.75 Å². The molecule has 0 aliphatic rings. The minimum atomic E-state index is -0.433. The van der Waals surface area contributed by atoms with Crippen LogP contribution >= 0.6 is 15.9 Å². The van der Waals surface area contributed by atoms with Crippen LogP contribution in [0.4, 0.5) is 4.39 Å². The van der Waals surface area contributed by atoms with Crippen LogP contribution in [0.3, 0.4) is 0 Å². The molecule has 0 unspecified atom stereocenters. The maximum atomic E-state index is 12.7. The predicted molar refractivity (Wildman–Crippen MR) is 45.4 cm³/mol. The molecule has 0 aliphatic heterocycles. The third-order valence-corrected chi connectivity index (χ3v) is 1.98. The summed E-state index contributed by atoms with van der Waals surface area (Å²) in [6.45, 7) is 0. The summed E-state index contributed by atoms with van der Waals surface area (Å²) < 4.78 is 17.9. The van der Waals surface area contributed by atoms with Crippen LogP contribution in [0.2, 0.25) is 0 Å². The molecular formula is C8H5BrFNO. The van der Waals surface area contributed by atoms with Crippen LogP contribution in [0, 0.1) is 17.1 Å². The molecule has 12 heavy (non-hydrogen) atoms. The van der Waals surface area contributed by atoms with Crippen LogP contribution < -0.4 is 4.74 Å². The van der Waals surface area contributed by atoms with E-state index in [1.807, 2.05) is 6.07 Å². The number of hydrogen-bond donors (Lipinski definition) is 0. The summed E-state index contributed by atoms with van der Waals surface area (Å²) in [6.07, 6.45) is 0. The zero-order valence-corrected chi connectivity index (χ0v) is 7.85. The van der Waals surface area contributed by atoms with Crippen molar-refractivity contribution in [3.8, 4) is 11.8 Å². The van der Waals surface area contributed by atoms with Crippen molar-refractivity contribution in [2.75, 3.05) is 7.11 Å². The van der Waals surface area contributed by atoms with Gasteiger partial charge in [0.05, 0.1) is 7.11 Å². The number of hydrogen-bond acceptors (Lipinski definition) is 2. The van der Waals surface area contributed by atoms with E-state index in [4.69, 9.17) is 10.00 Å². The zero-order valence-electron chi connectivity index (χ0n) is 6.27. The smallest absolute Gasteiger partial charge is 0.140 e. The fourth-order valence-corrected chi connectivity index (χ4v) is 1.32. The summed E-state index contributed by atoms with van der Waals surface area (Å²) in [4.78, 5) is 0. The molecule has 0 saturated heterocycles. The molecule has 4 heteroatoms. The van der Waals surface area contributed by atoms with Gasteiger partial charge in [0.1, 0.15) is 23.2 Å². The first-order valence-corrected chi connectivity index (χ1v) is 3.91. The lowest BCUT2D eigenvalue weighted by Crippen LogP contribution is -1.90. The minimum absolute atomic E-state index is 0.240. The van der Waals surface area contributed by atoms with Gasteiger partial charge in [-0.1, -0.05) is 0 Å². The van der Waals surface area contributed by atoms with Gasteiger partial charge in [-0.05, 0) is 22.0 Å². The van der Waals surface area contributed by atoms with E-state index in [1.54, 1.807) is 0 Å². The van der Waals surface area contributed by atoms with Crippen molar-refractivity contribution in [1.29, 1.82) is 5.26 Å². The zero-order chi connectivity index (χ0) is 9.14. The Labute approximate surface area is 77.7 Å². The van der Waals surface area contributed by atoms with Crippen molar-refractivity contribution >= 4 is 15.9 Å². The number of halogens is 2. The Hall–Kier alpha value is -1.08. The van der Waals surface area contributed by atoms with E-state index in [9.17, 15) is 4.39 Å². The monoisotopic (exact) mass is 229 g/mol. The molecule has 0 aromatic heterocycles. The average molecular weight is 230 g/mol. The summed E-state index contributed by atoms with van der Waals surface area (Å²) in [5.41, 5.74) is 0.305. The Balaban J connectivity index is 3.36. The van der Waals surface area contributed by atoms with Gasteiger partial charge in [0.25, 0.3) is 0 Å². The number of ether oxygens (including phenoxy) is 1. The van der Waals surface area contributed by atoms with Gasteiger partial charge in [-0.3, -0.25) is 0 Å². The molecule has 2 nitrogen and oxygen atoms in total. The van der Waals surface area contributed by atoms with Gasteiger partial charge < -0.3 is 4.74 Å². The standard InChI is InChI=1S/C8H5BrFNO/c1-12-8-3-5(10)2-7(9)6(8)4-11/h2-3H,1H3. The third kappa shape index (κ3) is 1.56. The highest BCUT2D eigenvalue weighted by atomic mass is 79.9. The summed E-state index contributed by atoms with van der Waals surface area (Å²) >= 11 is 3.06. The Morgan fingerprint density at radius 3 is 2.75 bits per heavy atom. The molecule has 1 aromatic rings. The van der Waals surface area contributed by atoms with Crippen LogP contribution in [-0.4, -0.2) is 7.11 Å². The maximum absolute atomic E-state index is 12.7. The van der Waals surface area contributed by atoms with E-state index >= 15 is 0 Å². The molecular weight excluding hydrogens is 225 g/mol. The highest BCUT2D eigenvalue weighted by molar-refractivity contribution is 9.10. The van der Waals surface area contributed by atoms with E-state index in [0.29, 0.717) is 10.0 Å². The first-order chi connectivity index (χ1) is 5.69. The molecule has 62 valence electrons. The molecule has 0 amide bonds. The van der Waals surface area contributed by atoms with Crippen molar-refractivity contribution in [3.05, 3.63) is 28.0 Å². The van der Waals surface area contributed by atoms with Crippen molar-refractivity contribution < 1.29 is 9.13 Å². The lowest BCUT2D eigenvalue weighted by Gasteiger charge is -2.03. The Morgan fingerprint density at radius 2 is 2.25 bits per heavy atom. The number of benzene rings is 1. The summed E-state index contributed by atoms with van der Waals surface area (Å²) in [5.74, 6) is -0.192. The lowest BCUT2D eigenvalue weighted by molar-refractivity contribution is 0.409. The summed E-state index contributed by atoms with van der Waals surface area (Å²) in [6, 6.07) is 4.30. The van der Waals surface area contributed by atoms with Gasteiger partial charge in [0, 0.05) is 10.5 Å². The third-order valence-electron chi connectivity index (χ3n) is 1.35. The summed E-state index contributed by atoms with van der Waals surface area (Å²) in [7, 11) is 1.39. The van der Waals surface area contributed by atoms with Gasteiger partial charge in [-0.15, -0.1) is 0 Å². The lowest BCUT2D eigenvalue weighted by atomic mass is 10.2. The molecule has 0 aliphatic carbocycles.